The predicted molar refractivity (Wildman–Crippen MR) is 85.6 cm³/mol. The van der Waals surface area contributed by atoms with E-state index >= 15 is 0 Å². The molecule has 0 aromatic heterocycles. The van der Waals surface area contributed by atoms with E-state index in [2.05, 4.69) is 4.52 Å². The van der Waals surface area contributed by atoms with Crippen LogP contribution in [0.2, 0.25) is 0 Å². The third kappa shape index (κ3) is 10.8. The van der Waals surface area contributed by atoms with Gasteiger partial charge in [-0.3, -0.25) is 4.52 Å². The van der Waals surface area contributed by atoms with Crippen LogP contribution in [0, 0.1) is 0 Å². The SMILES string of the molecule is C/C=C(\C=C(/COCC)C(F)(F)F)CCC(N)(CO)COP(=O)(O)O. The number of phosphoric acid groups is 1. The first-order valence-corrected chi connectivity index (χ1v) is 9.00. The Balaban J connectivity index is 5.06. The van der Waals surface area contributed by atoms with E-state index in [0.29, 0.717) is 5.57 Å². The molecule has 0 spiro atoms. The summed E-state index contributed by atoms with van der Waals surface area (Å²) in [6.45, 7) is 1.37. The molecule has 0 rings (SSSR count). The Morgan fingerprint density at radius 2 is 1.92 bits per heavy atom. The number of allylic oxidation sites excluding steroid dienone is 3. The number of aliphatic hydroxyl groups excluding tert-OH is 1. The Kier molecular flexibility index (Phi) is 10.1. The summed E-state index contributed by atoms with van der Waals surface area (Å²) in [5.41, 5.74) is 3.73. The van der Waals surface area contributed by atoms with Crippen LogP contribution in [-0.4, -0.2) is 53.0 Å². The molecule has 1 unspecified atom stereocenters. The van der Waals surface area contributed by atoms with E-state index < -0.39 is 44.9 Å². The molecule has 0 radical (unpaired) electrons. The molecule has 11 heteroatoms. The summed E-state index contributed by atoms with van der Waals surface area (Å²) in [5, 5.41) is 9.30. The Morgan fingerprint density at radius 3 is 2.32 bits per heavy atom. The third-order valence-electron chi connectivity index (χ3n) is 3.30. The van der Waals surface area contributed by atoms with Gasteiger partial charge in [-0.25, -0.2) is 4.57 Å². The smallest absolute Gasteiger partial charge is 0.394 e. The first-order valence-electron chi connectivity index (χ1n) is 7.47. The summed E-state index contributed by atoms with van der Waals surface area (Å²) in [7, 11) is -4.77. The maximum absolute atomic E-state index is 13.0. The highest BCUT2D eigenvalue weighted by Crippen LogP contribution is 2.37. The van der Waals surface area contributed by atoms with E-state index in [0.717, 1.165) is 6.08 Å². The average molecular weight is 391 g/mol. The number of phosphoric ester groups is 1. The van der Waals surface area contributed by atoms with Crippen molar-refractivity contribution < 1.29 is 41.9 Å². The Bertz CT molecular complexity index is 517. The lowest BCUT2D eigenvalue weighted by Crippen LogP contribution is -2.47. The van der Waals surface area contributed by atoms with Gasteiger partial charge in [-0.2, -0.15) is 13.2 Å². The molecule has 0 aliphatic carbocycles. The second-order valence-electron chi connectivity index (χ2n) is 5.45. The van der Waals surface area contributed by atoms with Crippen molar-refractivity contribution in [3.8, 4) is 0 Å². The molecule has 0 heterocycles. The molecule has 0 saturated carbocycles. The highest BCUT2D eigenvalue weighted by Gasteiger charge is 2.34. The third-order valence-corrected chi connectivity index (χ3v) is 3.77. The summed E-state index contributed by atoms with van der Waals surface area (Å²) in [6, 6.07) is 0. The van der Waals surface area contributed by atoms with Crippen molar-refractivity contribution in [3.63, 3.8) is 0 Å². The van der Waals surface area contributed by atoms with Crippen molar-refractivity contribution in [3.05, 3.63) is 23.3 Å². The number of hydrogen-bond acceptors (Lipinski definition) is 5. The Hall–Kier alpha value is -0.740. The van der Waals surface area contributed by atoms with Gasteiger partial charge in [0.1, 0.15) is 0 Å². The fraction of sp³-hybridized carbons (Fsp3) is 0.714. The fourth-order valence-corrected chi connectivity index (χ4v) is 2.17. The normalized spacial score (nSPS) is 16.8. The van der Waals surface area contributed by atoms with Crippen molar-refractivity contribution in [2.75, 3.05) is 26.4 Å². The van der Waals surface area contributed by atoms with Gasteiger partial charge in [0.15, 0.2) is 0 Å². The van der Waals surface area contributed by atoms with Gasteiger partial charge in [-0.1, -0.05) is 11.6 Å². The highest BCUT2D eigenvalue weighted by molar-refractivity contribution is 7.46. The lowest BCUT2D eigenvalue weighted by Gasteiger charge is -2.27. The monoisotopic (exact) mass is 391 g/mol. The number of rotatable bonds is 11. The van der Waals surface area contributed by atoms with Gasteiger partial charge in [0.25, 0.3) is 0 Å². The molecule has 25 heavy (non-hydrogen) atoms. The van der Waals surface area contributed by atoms with Crippen LogP contribution in [-0.2, 0) is 13.8 Å². The van der Waals surface area contributed by atoms with Crippen LogP contribution in [0.1, 0.15) is 26.7 Å². The molecule has 0 fully saturated rings. The van der Waals surface area contributed by atoms with Crippen molar-refractivity contribution in [2.24, 2.45) is 5.73 Å². The van der Waals surface area contributed by atoms with Crippen molar-refractivity contribution in [1.29, 1.82) is 0 Å². The standard InChI is InChI=1S/C14H25F3NO6P/c1-3-11(7-12(8-23-4-2)14(15,16)17)5-6-13(18,9-19)10-24-25(20,21)22/h3,7,19H,4-6,8-10,18H2,1-2H3,(H2,20,21,22)/b11-3-,12-7+. The number of aliphatic hydroxyl groups is 1. The molecule has 1 atom stereocenters. The average Bonchev–Trinajstić information content (AvgIpc) is 2.50. The number of halogens is 3. The van der Waals surface area contributed by atoms with Gasteiger partial charge in [-0.15, -0.1) is 0 Å². The maximum atomic E-state index is 13.0. The minimum Gasteiger partial charge on any atom is -0.394 e. The van der Waals surface area contributed by atoms with Crippen LogP contribution < -0.4 is 5.73 Å². The molecule has 0 amide bonds. The van der Waals surface area contributed by atoms with E-state index in [9.17, 15) is 22.8 Å². The molecule has 0 aromatic rings. The predicted octanol–water partition coefficient (Wildman–Crippen LogP) is 2.04. The van der Waals surface area contributed by atoms with Crippen LogP contribution >= 0.6 is 7.82 Å². The molecule has 0 aliphatic heterocycles. The lowest BCUT2D eigenvalue weighted by molar-refractivity contribution is -0.100. The van der Waals surface area contributed by atoms with Gasteiger partial charge in [0.2, 0.25) is 0 Å². The minimum atomic E-state index is -4.77. The van der Waals surface area contributed by atoms with Crippen LogP contribution in [0.3, 0.4) is 0 Å². The summed E-state index contributed by atoms with van der Waals surface area (Å²) in [5.74, 6) is 0. The van der Waals surface area contributed by atoms with E-state index in [1.54, 1.807) is 13.8 Å². The zero-order valence-electron chi connectivity index (χ0n) is 14.1. The second-order valence-corrected chi connectivity index (χ2v) is 6.69. The van der Waals surface area contributed by atoms with Gasteiger partial charge >= 0.3 is 14.0 Å². The van der Waals surface area contributed by atoms with Crippen LogP contribution in [0.4, 0.5) is 13.2 Å². The van der Waals surface area contributed by atoms with Gasteiger partial charge in [0, 0.05) is 6.61 Å². The number of hydrogen-bond donors (Lipinski definition) is 4. The maximum Gasteiger partial charge on any atom is 0.469 e. The molecular weight excluding hydrogens is 366 g/mol. The molecule has 0 aliphatic rings. The number of nitrogens with two attached hydrogens (primary N) is 1. The lowest BCUT2D eigenvalue weighted by atomic mass is 9.93. The molecule has 7 nitrogen and oxygen atoms in total. The van der Waals surface area contributed by atoms with E-state index in [4.69, 9.17) is 20.3 Å². The molecule has 0 saturated heterocycles. The highest BCUT2D eigenvalue weighted by atomic mass is 31.2. The van der Waals surface area contributed by atoms with Gasteiger partial charge in [0.05, 0.1) is 30.9 Å². The number of alkyl halides is 3. The summed E-state index contributed by atoms with van der Waals surface area (Å²) in [6.07, 6.45) is -2.15. The van der Waals surface area contributed by atoms with Crippen molar-refractivity contribution in [2.45, 2.75) is 38.4 Å². The Morgan fingerprint density at radius 1 is 1.32 bits per heavy atom. The summed E-state index contributed by atoms with van der Waals surface area (Å²) in [4.78, 5) is 17.4. The Labute approximate surface area is 144 Å². The minimum absolute atomic E-state index is 0.0422. The van der Waals surface area contributed by atoms with Gasteiger partial charge in [-0.05, 0) is 32.8 Å². The second kappa shape index (κ2) is 10.4. The van der Waals surface area contributed by atoms with E-state index in [1.807, 2.05) is 0 Å². The van der Waals surface area contributed by atoms with E-state index in [1.165, 1.54) is 6.08 Å². The molecule has 148 valence electrons. The van der Waals surface area contributed by atoms with Crippen LogP contribution in [0.5, 0.6) is 0 Å². The summed E-state index contributed by atoms with van der Waals surface area (Å²) >= 11 is 0. The first-order chi connectivity index (χ1) is 11.4. The van der Waals surface area contributed by atoms with E-state index in [-0.39, 0.29) is 19.4 Å². The quantitative estimate of drug-likeness (QED) is 0.314. The van der Waals surface area contributed by atoms with Crippen LogP contribution in [0.15, 0.2) is 23.3 Å². The van der Waals surface area contributed by atoms with Gasteiger partial charge < -0.3 is 25.4 Å². The van der Waals surface area contributed by atoms with Crippen molar-refractivity contribution >= 4 is 7.82 Å². The summed E-state index contributed by atoms with van der Waals surface area (Å²) < 4.78 is 58.8. The molecule has 0 bridgehead atoms. The zero-order chi connectivity index (χ0) is 19.7. The zero-order valence-corrected chi connectivity index (χ0v) is 15.0. The molecular formula is C14H25F3NO6P. The molecule has 0 aromatic carbocycles. The topological polar surface area (TPSA) is 122 Å². The largest absolute Gasteiger partial charge is 0.469 e. The van der Waals surface area contributed by atoms with Crippen molar-refractivity contribution in [1.82, 2.24) is 0 Å². The first kappa shape index (κ1) is 24.3. The fourth-order valence-electron chi connectivity index (χ4n) is 1.74. The molecule has 5 N–H and O–H groups in total. The number of ether oxygens (including phenoxy) is 1. The van der Waals surface area contributed by atoms with Crippen LogP contribution in [0.25, 0.3) is 0 Å².